The van der Waals surface area contributed by atoms with Crippen LogP contribution in [0.1, 0.15) is 45.4 Å². The number of nitrogens with zero attached hydrogens (tertiary/aromatic N) is 3. The molecule has 0 fully saturated rings. The fraction of sp³-hybridized carbons (Fsp3) is 0.231. The van der Waals surface area contributed by atoms with Gasteiger partial charge in [-0.3, -0.25) is 0 Å². The lowest BCUT2D eigenvalue weighted by Crippen LogP contribution is -2.23. The highest BCUT2D eigenvalue weighted by molar-refractivity contribution is 7.15. The number of carboxylic acid groups (broad SMARTS) is 1. The van der Waals surface area contributed by atoms with Crippen LogP contribution in [0.15, 0.2) is 54.9 Å². The Labute approximate surface area is 206 Å². The van der Waals surface area contributed by atoms with Crippen LogP contribution in [0.4, 0.5) is 11.6 Å². The van der Waals surface area contributed by atoms with E-state index in [1.807, 2.05) is 32.0 Å². The van der Waals surface area contributed by atoms with E-state index in [-0.39, 0.29) is 5.56 Å². The minimum atomic E-state index is -1.25. The Morgan fingerprint density at radius 3 is 2.83 bits per heavy atom. The highest BCUT2D eigenvalue weighted by Gasteiger charge is 2.41. The van der Waals surface area contributed by atoms with Crippen molar-refractivity contribution in [2.45, 2.75) is 32.3 Å². The van der Waals surface area contributed by atoms with E-state index in [2.05, 4.69) is 15.3 Å². The highest BCUT2D eigenvalue weighted by atomic mass is 32.1. The van der Waals surface area contributed by atoms with Crippen LogP contribution in [0.2, 0.25) is 0 Å². The predicted molar refractivity (Wildman–Crippen MR) is 133 cm³/mol. The Morgan fingerprint density at radius 1 is 1.17 bits per heavy atom. The van der Waals surface area contributed by atoms with Crippen LogP contribution in [-0.2, 0) is 12.0 Å². The van der Waals surface area contributed by atoms with Gasteiger partial charge in [-0.2, -0.15) is 0 Å². The predicted octanol–water partition coefficient (Wildman–Crippen LogP) is 4.93. The second-order valence-electron chi connectivity index (χ2n) is 8.42. The lowest BCUT2D eigenvalue weighted by Gasteiger charge is -2.21. The largest absolute Gasteiger partial charge is 0.494 e. The summed E-state index contributed by atoms with van der Waals surface area (Å²) in [5.41, 5.74) is 2.27. The topological polar surface area (TPSA) is 117 Å². The monoisotopic (exact) mass is 488 g/mol. The molecule has 0 unspecified atom stereocenters. The first-order valence-corrected chi connectivity index (χ1v) is 12.1. The fourth-order valence-corrected chi connectivity index (χ4v) is 5.33. The molecule has 1 aliphatic rings. The number of aliphatic hydroxyl groups is 1. The molecule has 1 aromatic carbocycles. The summed E-state index contributed by atoms with van der Waals surface area (Å²) in [7, 11) is 0. The number of pyridine rings is 2. The number of nitrogens with one attached hydrogen (secondary N) is 1. The summed E-state index contributed by atoms with van der Waals surface area (Å²) in [5, 5.41) is 24.6. The van der Waals surface area contributed by atoms with Gasteiger partial charge in [0.05, 0.1) is 22.7 Å². The van der Waals surface area contributed by atoms with E-state index >= 15 is 0 Å². The number of thiazole rings is 1. The first kappa shape index (κ1) is 22.9. The van der Waals surface area contributed by atoms with Crippen LogP contribution in [-0.4, -0.2) is 37.7 Å². The molecule has 0 bridgehead atoms. The van der Waals surface area contributed by atoms with Crippen LogP contribution in [0, 0.1) is 6.92 Å². The van der Waals surface area contributed by atoms with Gasteiger partial charge < -0.3 is 20.3 Å². The minimum Gasteiger partial charge on any atom is -0.494 e. The van der Waals surface area contributed by atoms with Gasteiger partial charge in [-0.05, 0) is 73.7 Å². The van der Waals surface area contributed by atoms with Gasteiger partial charge in [-0.15, -0.1) is 11.3 Å². The standard InChI is InChI=1S/C26H24N4O4S/c1-3-34-18-7-9-27-22(13-18)30-23-11-15(2)10-20(29-23)21-14-28-25(35-21)26(33)8-6-16-12-17(24(31)32)4-5-19(16)26/h4-5,7,9-14,33H,3,6,8H2,1-2H3,(H,31,32)(H,27,29,30)/t26-/m0/s1. The summed E-state index contributed by atoms with van der Waals surface area (Å²) in [6.07, 6.45) is 4.45. The first-order valence-electron chi connectivity index (χ1n) is 11.3. The van der Waals surface area contributed by atoms with Crippen molar-refractivity contribution in [3.8, 4) is 16.3 Å². The van der Waals surface area contributed by atoms with Crippen LogP contribution < -0.4 is 10.1 Å². The van der Waals surface area contributed by atoms with Crippen molar-refractivity contribution in [1.82, 2.24) is 15.0 Å². The van der Waals surface area contributed by atoms with Gasteiger partial charge in [0, 0.05) is 18.5 Å². The summed E-state index contributed by atoms with van der Waals surface area (Å²) < 4.78 is 5.55. The van der Waals surface area contributed by atoms with Gasteiger partial charge in [0.25, 0.3) is 0 Å². The third kappa shape index (κ3) is 4.48. The molecule has 8 nitrogen and oxygen atoms in total. The molecule has 5 rings (SSSR count). The van der Waals surface area contributed by atoms with E-state index in [0.29, 0.717) is 41.7 Å². The van der Waals surface area contributed by atoms with Crippen molar-refractivity contribution in [3.05, 3.63) is 82.1 Å². The van der Waals surface area contributed by atoms with Crippen molar-refractivity contribution < 1.29 is 19.7 Å². The number of aromatic nitrogens is 3. The molecule has 3 heterocycles. The number of hydrogen-bond donors (Lipinski definition) is 3. The number of carbonyl (C=O) groups is 1. The minimum absolute atomic E-state index is 0.220. The van der Waals surface area contributed by atoms with E-state index in [1.165, 1.54) is 17.4 Å². The van der Waals surface area contributed by atoms with Crippen molar-refractivity contribution >= 4 is 28.9 Å². The fourth-order valence-electron chi connectivity index (χ4n) is 4.32. The van der Waals surface area contributed by atoms with Crippen molar-refractivity contribution in [2.24, 2.45) is 0 Å². The normalized spacial score (nSPS) is 16.7. The second kappa shape index (κ2) is 9.09. The van der Waals surface area contributed by atoms with Crippen LogP contribution >= 0.6 is 11.3 Å². The van der Waals surface area contributed by atoms with E-state index in [1.54, 1.807) is 30.6 Å². The Balaban J connectivity index is 1.43. The summed E-state index contributed by atoms with van der Waals surface area (Å²) in [6, 6.07) is 12.4. The molecule has 0 saturated heterocycles. The smallest absolute Gasteiger partial charge is 0.335 e. The summed E-state index contributed by atoms with van der Waals surface area (Å²) in [4.78, 5) is 25.8. The molecular formula is C26H24N4O4S. The SMILES string of the molecule is CCOc1ccnc(Nc2cc(C)cc(-c3cnc([C@]4(O)CCc5cc(C(=O)O)ccc54)s3)n2)c1. The third-order valence-corrected chi connectivity index (χ3v) is 7.10. The number of aryl methyl sites for hydroxylation is 2. The van der Waals surface area contributed by atoms with Gasteiger partial charge in [0.15, 0.2) is 0 Å². The van der Waals surface area contributed by atoms with Crippen LogP contribution in [0.25, 0.3) is 10.6 Å². The molecule has 3 N–H and O–H groups in total. The number of benzene rings is 1. The number of hydrogen-bond acceptors (Lipinski definition) is 8. The first-order chi connectivity index (χ1) is 16.9. The second-order valence-corrected chi connectivity index (χ2v) is 9.45. The molecule has 0 amide bonds. The molecule has 0 saturated carbocycles. The molecule has 0 spiro atoms. The van der Waals surface area contributed by atoms with Gasteiger partial charge in [-0.25, -0.2) is 19.7 Å². The average Bonchev–Trinajstić information content (AvgIpc) is 3.45. The molecule has 0 radical (unpaired) electrons. The van der Waals surface area contributed by atoms with E-state index < -0.39 is 11.6 Å². The van der Waals surface area contributed by atoms with Gasteiger partial charge >= 0.3 is 5.97 Å². The molecule has 3 aromatic heterocycles. The summed E-state index contributed by atoms with van der Waals surface area (Å²) >= 11 is 1.39. The Morgan fingerprint density at radius 2 is 2.03 bits per heavy atom. The zero-order valence-corrected chi connectivity index (χ0v) is 20.1. The Bertz CT molecular complexity index is 1420. The molecule has 178 valence electrons. The van der Waals surface area contributed by atoms with Gasteiger partial charge in [0.1, 0.15) is 28.0 Å². The van der Waals surface area contributed by atoms with Gasteiger partial charge in [-0.1, -0.05) is 6.07 Å². The van der Waals surface area contributed by atoms with Crippen molar-refractivity contribution in [1.29, 1.82) is 0 Å². The number of aromatic carboxylic acids is 1. The summed E-state index contributed by atoms with van der Waals surface area (Å²) in [5.74, 6) is 1.02. The zero-order chi connectivity index (χ0) is 24.6. The molecule has 4 aromatic rings. The van der Waals surface area contributed by atoms with Crippen LogP contribution in [0.5, 0.6) is 5.75 Å². The number of fused-ring (bicyclic) bond motifs is 1. The molecule has 0 aliphatic heterocycles. The zero-order valence-electron chi connectivity index (χ0n) is 19.3. The number of anilines is 2. The number of carboxylic acids is 1. The molecule has 35 heavy (non-hydrogen) atoms. The number of rotatable bonds is 7. The number of ether oxygens (including phenoxy) is 1. The molecule has 9 heteroatoms. The quantitative estimate of drug-likeness (QED) is 0.335. The van der Waals surface area contributed by atoms with E-state index in [9.17, 15) is 15.0 Å². The van der Waals surface area contributed by atoms with Crippen LogP contribution in [0.3, 0.4) is 0 Å². The van der Waals surface area contributed by atoms with Gasteiger partial charge in [0.2, 0.25) is 0 Å². The third-order valence-electron chi connectivity index (χ3n) is 5.93. The lowest BCUT2D eigenvalue weighted by atomic mass is 9.96. The molecule has 1 atom stereocenters. The maximum Gasteiger partial charge on any atom is 0.335 e. The lowest BCUT2D eigenvalue weighted by molar-refractivity contribution is 0.0695. The summed E-state index contributed by atoms with van der Waals surface area (Å²) in [6.45, 7) is 4.49. The highest BCUT2D eigenvalue weighted by Crippen LogP contribution is 2.45. The van der Waals surface area contributed by atoms with Crippen molar-refractivity contribution in [2.75, 3.05) is 11.9 Å². The molecular weight excluding hydrogens is 464 g/mol. The van der Waals surface area contributed by atoms with Crippen molar-refractivity contribution in [3.63, 3.8) is 0 Å². The average molecular weight is 489 g/mol. The molecule has 1 aliphatic carbocycles. The maximum atomic E-state index is 11.5. The maximum absolute atomic E-state index is 11.5. The Kier molecular flexibility index (Phi) is 5.96. The Hall–Kier alpha value is -3.82. The van der Waals surface area contributed by atoms with E-state index in [0.717, 1.165) is 27.4 Å². The van der Waals surface area contributed by atoms with E-state index in [4.69, 9.17) is 9.72 Å².